The molecule has 21 heavy (non-hydrogen) atoms. The molecule has 0 heterocycles. The first-order chi connectivity index (χ1) is 10.2. The summed E-state index contributed by atoms with van der Waals surface area (Å²) in [5.41, 5.74) is 1.59. The van der Waals surface area contributed by atoms with Gasteiger partial charge in [-0.1, -0.05) is 48.5 Å². The first-order valence-electron chi connectivity index (χ1n) is 7.22. The summed E-state index contributed by atoms with van der Waals surface area (Å²) in [5.74, 6) is 0.503. The van der Waals surface area contributed by atoms with Gasteiger partial charge in [0, 0.05) is 11.8 Å². The quantitative estimate of drug-likeness (QED) is 0.673. The minimum atomic E-state index is -0.0799. The van der Waals surface area contributed by atoms with Crippen LogP contribution in [0.2, 0.25) is 0 Å². The Bertz CT molecular complexity index is 660. The molecule has 0 bridgehead atoms. The summed E-state index contributed by atoms with van der Waals surface area (Å²) in [7, 11) is 0. The van der Waals surface area contributed by atoms with E-state index in [1.54, 1.807) is 24.3 Å². The monoisotopic (exact) mass is 278 g/mol. The third-order valence-electron chi connectivity index (χ3n) is 4.41. The lowest BCUT2D eigenvalue weighted by Gasteiger charge is -2.43. The van der Waals surface area contributed by atoms with Crippen molar-refractivity contribution in [3.8, 4) is 5.75 Å². The smallest absolute Gasteiger partial charge is 0.170 e. The second-order valence-corrected chi connectivity index (χ2v) is 5.56. The van der Waals surface area contributed by atoms with Crippen molar-refractivity contribution < 1.29 is 9.90 Å². The van der Waals surface area contributed by atoms with Crippen LogP contribution in [-0.4, -0.2) is 10.9 Å². The van der Waals surface area contributed by atoms with E-state index in [1.165, 1.54) is 5.56 Å². The number of para-hydroxylation sites is 1. The van der Waals surface area contributed by atoms with Gasteiger partial charge in [-0.25, -0.2) is 0 Å². The molecular weight excluding hydrogens is 260 g/mol. The van der Waals surface area contributed by atoms with Crippen LogP contribution in [0.15, 0.2) is 67.3 Å². The van der Waals surface area contributed by atoms with E-state index in [1.807, 2.05) is 24.3 Å². The van der Waals surface area contributed by atoms with Gasteiger partial charge in [-0.2, -0.15) is 0 Å². The maximum Gasteiger partial charge on any atom is 0.170 e. The SMILES string of the molecule is C=C[C@H]1C[C@@H](C(=O)c2ccccc2O)[C@@H]1c1ccccc1. The summed E-state index contributed by atoms with van der Waals surface area (Å²) in [6.07, 6.45) is 2.74. The number of ketones is 1. The summed E-state index contributed by atoms with van der Waals surface area (Å²) >= 11 is 0. The maximum atomic E-state index is 12.7. The molecule has 3 atom stereocenters. The number of phenols is 1. The normalized spacial score (nSPS) is 24.1. The average Bonchev–Trinajstić information content (AvgIpc) is 2.48. The van der Waals surface area contributed by atoms with Crippen molar-refractivity contribution in [3.63, 3.8) is 0 Å². The Morgan fingerprint density at radius 1 is 1.10 bits per heavy atom. The number of aromatic hydroxyl groups is 1. The van der Waals surface area contributed by atoms with Crippen LogP contribution < -0.4 is 0 Å². The molecule has 3 rings (SSSR count). The lowest BCUT2D eigenvalue weighted by molar-refractivity contribution is 0.0751. The summed E-state index contributed by atoms with van der Waals surface area (Å²) in [4.78, 5) is 12.7. The number of Topliss-reactive ketones (excluding diaryl/α,β-unsaturated/α-hetero) is 1. The van der Waals surface area contributed by atoms with E-state index in [2.05, 4.69) is 18.7 Å². The van der Waals surface area contributed by atoms with Crippen LogP contribution in [0, 0.1) is 11.8 Å². The fourth-order valence-corrected chi connectivity index (χ4v) is 3.24. The zero-order valence-electron chi connectivity index (χ0n) is 11.8. The van der Waals surface area contributed by atoms with Gasteiger partial charge in [0.2, 0.25) is 0 Å². The standard InChI is InChI=1S/C19H18O2/c1-2-13-12-16(18(13)14-8-4-3-5-9-14)19(21)15-10-6-7-11-17(15)20/h2-11,13,16,18,20H,1,12H2/t13-,16+,18-/m0/s1. The van der Waals surface area contributed by atoms with Crippen molar-refractivity contribution in [2.24, 2.45) is 11.8 Å². The van der Waals surface area contributed by atoms with Gasteiger partial charge in [0.15, 0.2) is 5.78 Å². The predicted molar refractivity (Wildman–Crippen MR) is 83.4 cm³/mol. The van der Waals surface area contributed by atoms with Crippen molar-refractivity contribution in [2.75, 3.05) is 0 Å². The van der Waals surface area contributed by atoms with E-state index < -0.39 is 0 Å². The number of hydrogen-bond acceptors (Lipinski definition) is 2. The van der Waals surface area contributed by atoms with Crippen LogP contribution in [0.4, 0.5) is 0 Å². The number of rotatable bonds is 4. The summed E-state index contributed by atoms with van der Waals surface area (Å²) in [5, 5.41) is 9.89. The zero-order valence-corrected chi connectivity index (χ0v) is 11.8. The molecule has 1 fully saturated rings. The molecule has 2 heteroatoms. The van der Waals surface area contributed by atoms with Gasteiger partial charge < -0.3 is 5.11 Å². The van der Waals surface area contributed by atoms with E-state index in [0.29, 0.717) is 11.5 Å². The number of allylic oxidation sites excluding steroid dienone is 1. The van der Waals surface area contributed by atoms with Crippen molar-refractivity contribution in [2.45, 2.75) is 12.3 Å². The van der Waals surface area contributed by atoms with Crippen molar-refractivity contribution in [3.05, 3.63) is 78.4 Å². The number of carbonyl (C=O) groups is 1. The molecule has 2 aromatic carbocycles. The molecule has 0 aromatic heterocycles. The van der Waals surface area contributed by atoms with Crippen LogP contribution in [0.5, 0.6) is 5.75 Å². The highest BCUT2D eigenvalue weighted by Crippen LogP contribution is 2.50. The van der Waals surface area contributed by atoms with Crippen molar-refractivity contribution >= 4 is 5.78 Å². The third kappa shape index (κ3) is 2.38. The average molecular weight is 278 g/mol. The fraction of sp³-hybridized carbons (Fsp3) is 0.211. The summed E-state index contributed by atoms with van der Waals surface area (Å²) < 4.78 is 0. The molecule has 2 nitrogen and oxygen atoms in total. The number of phenolic OH excluding ortho intramolecular Hbond substituents is 1. The largest absolute Gasteiger partial charge is 0.507 e. The minimum absolute atomic E-state index is 0.0278. The topological polar surface area (TPSA) is 37.3 Å². The highest BCUT2D eigenvalue weighted by molar-refractivity contribution is 6.01. The molecule has 1 aliphatic rings. The van der Waals surface area contributed by atoms with Gasteiger partial charge in [0.05, 0.1) is 5.56 Å². The molecule has 1 aliphatic carbocycles. The Balaban J connectivity index is 1.90. The van der Waals surface area contributed by atoms with E-state index in [4.69, 9.17) is 0 Å². The van der Waals surface area contributed by atoms with Gasteiger partial charge in [0.25, 0.3) is 0 Å². The molecule has 2 aromatic rings. The molecule has 0 aliphatic heterocycles. The van der Waals surface area contributed by atoms with Crippen LogP contribution in [0.25, 0.3) is 0 Å². The second-order valence-electron chi connectivity index (χ2n) is 5.56. The molecule has 106 valence electrons. The number of benzene rings is 2. The highest BCUT2D eigenvalue weighted by atomic mass is 16.3. The molecule has 0 radical (unpaired) electrons. The van der Waals surface area contributed by atoms with Gasteiger partial charge in [-0.05, 0) is 30.0 Å². The van der Waals surface area contributed by atoms with Crippen molar-refractivity contribution in [1.82, 2.24) is 0 Å². The molecule has 0 saturated heterocycles. The molecule has 0 amide bonds. The van der Waals surface area contributed by atoms with Crippen LogP contribution in [0.1, 0.15) is 28.3 Å². The summed E-state index contributed by atoms with van der Waals surface area (Å²) in [6.45, 7) is 3.88. The Morgan fingerprint density at radius 2 is 1.76 bits per heavy atom. The molecular formula is C19H18O2. The summed E-state index contributed by atoms with van der Waals surface area (Å²) in [6, 6.07) is 16.9. The molecule has 0 unspecified atom stereocenters. The van der Waals surface area contributed by atoms with E-state index in [0.717, 1.165) is 6.42 Å². The lowest BCUT2D eigenvalue weighted by Crippen LogP contribution is -2.38. The Hall–Kier alpha value is -2.35. The zero-order chi connectivity index (χ0) is 14.8. The highest BCUT2D eigenvalue weighted by Gasteiger charge is 2.44. The van der Waals surface area contributed by atoms with Crippen LogP contribution in [0.3, 0.4) is 0 Å². The number of hydrogen-bond donors (Lipinski definition) is 1. The van der Waals surface area contributed by atoms with Crippen LogP contribution in [-0.2, 0) is 0 Å². The second kappa shape index (κ2) is 5.57. The van der Waals surface area contributed by atoms with Gasteiger partial charge in [-0.3, -0.25) is 4.79 Å². The lowest BCUT2D eigenvalue weighted by atomic mass is 9.59. The molecule has 1 saturated carbocycles. The fourth-order valence-electron chi connectivity index (χ4n) is 3.24. The van der Waals surface area contributed by atoms with Crippen LogP contribution >= 0.6 is 0 Å². The van der Waals surface area contributed by atoms with Gasteiger partial charge >= 0.3 is 0 Å². The van der Waals surface area contributed by atoms with Crippen molar-refractivity contribution in [1.29, 1.82) is 0 Å². The minimum Gasteiger partial charge on any atom is -0.507 e. The van der Waals surface area contributed by atoms with E-state index in [9.17, 15) is 9.90 Å². The Kier molecular flexibility index (Phi) is 3.61. The number of carbonyl (C=O) groups excluding carboxylic acids is 1. The van der Waals surface area contributed by atoms with E-state index in [-0.39, 0.29) is 23.4 Å². The molecule has 0 spiro atoms. The van der Waals surface area contributed by atoms with E-state index >= 15 is 0 Å². The van der Waals surface area contributed by atoms with Gasteiger partial charge in [-0.15, -0.1) is 6.58 Å². The maximum absolute atomic E-state index is 12.7. The van der Waals surface area contributed by atoms with Gasteiger partial charge in [0.1, 0.15) is 5.75 Å². The third-order valence-corrected chi connectivity index (χ3v) is 4.41. The first-order valence-corrected chi connectivity index (χ1v) is 7.22. The Labute approximate surface area is 124 Å². The Morgan fingerprint density at radius 3 is 2.43 bits per heavy atom. The predicted octanol–water partition coefficient (Wildman–Crippen LogP) is 4.18. The first kappa shape index (κ1) is 13.6. The molecule has 1 N–H and O–H groups in total.